The van der Waals surface area contributed by atoms with Crippen LogP contribution in [0, 0.1) is 0 Å². The second kappa shape index (κ2) is 7.68. The molecule has 0 radical (unpaired) electrons. The number of halogens is 1. The van der Waals surface area contributed by atoms with E-state index in [-0.39, 0.29) is 5.41 Å². The highest BCUT2D eigenvalue weighted by atomic mass is 35.5. The van der Waals surface area contributed by atoms with Gasteiger partial charge in [-0.3, -0.25) is 0 Å². The van der Waals surface area contributed by atoms with Crippen LogP contribution in [0.4, 0.5) is 0 Å². The van der Waals surface area contributed by atoms with Gasteiger partial charge in [0, 0.05) is 5.41 Å². The first-order chi connectivity index (χ1) is 9.09. The Bertz CT molecular complexity index is 398. The van der Waals surface area contributed by atoms with Crippen molar-refractivity contribution in [3.63, 3.8) is 0 Å². The molecular formula is C15H25ClN2O. The quantitative estimate of drug-likeness (QED) is 0.645. The highest BCUT2D eigenvalue weighted by molar-refractivity contribution is 6.32. The first-order valence-electron chi connectivity index (χ1n) is 7.14. The van der Waals surface area contributed by atoms with Crippen molar-refractivity contribution < 1.29 is 4.74 Å². The molecule has 0 saturated carbocycles. The molecule has 0 aliphatic carbocycles. The molecule has 0 bridgehead atoms. The van der Waals surface area contributed by atoms with E-state index in [4.69, 9.17) is 16.3 Å². The van der Waals surface area contributed by atoms with Gasteiger partial charge in [0.2, 0.25) is 0 Å². The molecule has 0 spiro atoms. The maximum Gasteiger partial charge on any atom is 0.159 e. The van der Waals surface area contributed by atoms with Gasteiger partial charge in [-0.15, -0.1) is 0 Å². The molecule has 0 aliphatic heterocycles. The maximum atomic E-state index is 6.38. The second-order valence-electron chi connectivity index (χ2n) is 5.30. The molecule has 1 unspecified atom stereocenters. The van der Waals surface area contributed by atoms with Crippen molar-refractivity contribution >= 4 is 11.6 Å². The monoisotopic (exact) mass is 284 g/mol. The molecule has 1 aromatic rings. The Morgan fingerprint density at radius 1 is 1.26 bits per heavy atom. The Morgan fingerprint density at radius 3 is 2.58 bits per heavy atom. The zero-order valence-corrected chi connectivity index (χ0v) is 13.3. The third-order valence-electron chi connectivity index (χ3n) is 3.91. The number of rotatable bonds is 8. The summed E-state index contributed by atoms with van der Waals surface area (Å²) in [6, 6.07) is 0. The molecule has 1 aromatic heterocycles. The molecule has 0 saturated heterocycles. The highest BCUT2D eigenvalue weighted by Gasteiger charge is 2.30. The minimum Gasteiger partial charge on any atom is -0.493 e. The predicted octanol–water partition coefficient (Wildman–Crippen LogP) is 4.78. The van der Waals surface area contributed by atoms with Gasteiger partial charge in [0.1, 0.15) is 5.02 Å². The van der Waals surface area contributed by atoms with Crippen LogP contribution in [0.2, 0.25) is 5.02 Å². The molecule has 4 heteroatoms. The lowest BCUT2D eigenvalue weighted by Crippen LogP contribution is -2.23. The van der Waals surface area contributed by atoms with Crippen LogP contribution in [-0.4, -0.2) is 17.3 Å². The minimum atomic E-state index is -0.0215. The highest BCUT2D eigenvalue weighted by Crippen LogP contribution is 2.38. The third kappa shape index (κ3) is 4.07. The van der Waals surface area contributed by atoms with Gasteiger partial charge < -0.3 is 4.74 Å². The summed E-state index contributed by atoms with van der Waals surface area (Å²) in [6.45, 7) is 6.62. The van der Waals surface area contributed by atoms with Gasteiger partial charge in [0.15, 0.2) is 5.75 Å². The van der Waals surface area contributed by atoms with Gasteiger partial charge in [-0.25, -0.2) is 0 Å². The first kappa shape index (κ1) is 16.2. The molecule has 0 aliphatic rings. The fourth-order valence-electron chi connectivity index (χ4n) is 2.29. The van der Waals surface area contributed by atoms with E-state index in [0.717, 1.165) is 18.5 Å². The van der Waals surface area contributed by atoms with Crippen LogP contribution in [0.3, 0.4) is 0 Å². The number of ether oxygens (including phenoxy) is 1. The Kier molecular flexibility index (Phi) is 6.56. The summed E-state index contributed by atoms with van der Waals surface area (Å²) < 4.78 is 5.23. The number of methoxy groups -OCH3 is 1. The fourth-order valence-corrected chi connectivity index (χ4v) is 2.68. The van der Waals surface area contributed by atoms with Gasteiger partial charge in [0.05, 0.1) is 19.0 Å². The van der Waals surface area contributed by atoms with Crippen LogP contribution in [0.5, 0.6) is 5.75 Å². The molecule has 1 heterocycles. The van der Waals surface area contributed by atoms with Crippen LogP contribution in [0.15, 0.2) is 6.20 Å². The largest absolute Gasteiger partial charge is 0.493 e. The normalized spacial score (nSPS) is 14.2. The van der Waals surface area contributed by atoms with E-state index in [1.807, 2.05) is 0 Å². The van der Waals surface area contributed by atoms with Crippen LogP contribution in [-0.2, 0) is 5.41 Å². The van der Waals surface area contributed by atoms with Gasteiger partial charge in [-0.05, 0) is 12.8 Å². The Morgan fingerprint density at radius 2 is 2.00 bits per heavy atom. The van der Waals surface area contributed by atoms with E-state index in [2.05, 4.69) is 31.0 Å². The van der Waals surface area contributed by atoms with Gasteiger partial charge in [0.25, 0.3) is 0 Å². The van der Waals surface area contributed by atoms with E-state index >= 15 is 0 Å². The first-order valence-corrected chi connectivity index (χ1v) is 7.52. The van der Waals surface area contributed by atoms with E-state index in [9.17, 15) is 0 Å². The summed E-state index contributed by atoms with van der Waals surface area (Å²) >= 11 is 6.38. The zero-order valence-electron chi connectivity index (χ0n) is 12.5. The summed E-state index contributed by atoms with van der Waals surface area (Å²) in [5, 5.41) is 8.89. The Hall–Kier alpha value is -0.830. The van der Waals surface area contributed by atoms with Gasteiger partial charge in [-0.1, -0.05) is 58.1 Å². The number of aromatic nitrogens is 2. The molecule has 1 rings (SSSR count). The van der Waals surface area contributed by atoms with Crippen LogP contribution >= 0.6 is 11.6 Å². The van der Waals surface area contributed by atoms with Crippen LogP contribution in [0.25, 0.3) is 0 Å². The van der Waals surface area contributed by atoms with Crippen molar-refractivity contribution in [1.29, 1.82) is 0 Å². The average molecular weight is 285 g/mol. The lowest BCUT2D eigenvalue weighted by Gasteiger charge is -2.28. The average Bonchev–Trinajstić information content (AvgIpc) is 2.43. The Labute approximate surface area is 121 Å². The third-order valence-corrected chi connectivity index (χ3v) is 4.28. The lowest BCUT2D eigenvalue weighted by atomic mass is 9.79. The van der Waals surface area contributed by atoms with Gasteiger partial charge >= 0.3 is 0 Å². The van der Waals surface area contributed by atoms with Crippen molar-refractivity contribution in [1.82, 2.24) is 10.2 Å². The Balaban J connectivity index is 2.88. The van der Waals surface area contributed by atoms with E-state index in [1.54, 1.807) is 13.3 Å². The summed E-state index contributed by atoms with van der Waals surface area (Å²) in [4.78, 5) is 0. The van der Waals surface area contributed by atoms with Crippen LogP contribution < -0.4 is 4.74 Å². The minimum absolute atomic E-state index is 0.0215. The van der Waals surface area contributed by atoms with Crippen molar-refractivity contribution in [2.45, 2.75) is 64.7 Å². The van der Waals surface area contributed by atoms with Crippen LogP contribution in [0.1, 0.15) is 65.0 Å². The lowest BCUT2D eigenvalue weighted by molar-refractivity contribution is 0.372. The van der Waals surface area contributed by atoms with Gasteiger partial charge in [-0.2, -0.15) is 10.2 Å². The summed E-state index contributed by atoms with van der Waals surface area (Å²) in [6.07, 6.45) is 8.67. The molecule has 108 valence electrons. The van der Waals surface area contributed by atoms with Crippen molar-refractivity contribution in [3.8, 4) is 5.75 Å². The summed E-state index contributed by atoms with van der Waals surface area (Å²) in [5.74, 6) is 0.611. The number of nitrogens with zero attached hydrogens (tertiary/aromatic N) is 2. The smallest absolute Gasteiger partial charge is 0.159 e. The molecule has 0 aromatic carbocycles. The van der Waals surface area contributed by atoms with E-state index in [0.29, 0.717) is 10.8 Å². The molecule has 0 amide bonds. The molecular weight excluding hydrogens is 260 g/mol. The maximum absolute atomic E-state index is 6.38. The number of unbranched alkanes of at least 4 members (excludes halogenated alkanes) is 3. The number of hydrogen-bond donors (Lipinski definition) is 0. The zero-order chi connectivity index (χ0) is 14.3. The van der Waals surface area contributed by atoms with E-state index in [1.165, 1.54) is 25.7 Å². The molecule has 0 N–H and O–H groups in total. The van der Waals surface area contributed by atoms with E-state index < -0.39 is 0 Å². The number of hydrogen-bond acceptors (Lipinski definition) is 3. The molecule has 1 atom stereocenters. The standard InChI is InChI=1S/C15H25ClN2O/c1-5-7-8-9-10-15(3,6-2)14-13(16)12(19-4)11-17-18-14/h11H,5-10H2,1-4H3. The summed E-state index contributed by atoms with van der Waals surface area (Å²) in [7, 11) is 1.61. The molecule has 19 heavy (non-hydrogen) atoms. The predicted molar refractivity (Wildman–Crippen MR) is 80.0 cm³/mol. The van der Waals surface area contributed by atoms with Crippen molar-refractivity contribution in [2.24, 2.45) is 0 Å². The second-order valence-corrected chi connectivity index (χ2v) is 5.68. The van der Waals surface area contributed by atoms with Crippen molar-refractivity contribution in [2.75, 3.05) is 7.11 Å². The fraction of sp³-hybridized carbons (Fsp3) is 0.733. The molecule has 3 nitrogen and oxygen atoms in total. The van der Waals surface area contributed by atoms with Crippen molar-refractivity contribution in [3.05, 3.63) is 16.9 Å². The summed E-state index contributed by atoms with van der Waals surface area (Å²) in [5.41, 5.74) is 0.847. The molecule has 0 fully saturated rings. The SMILES string of the molecule is CCCCCCC(C)(CC)c1nncc(OC)c1Cl. The topological polar surface area (TPSA) is 35.0 Å².